The zero-order valence-corrected chi connectivity index (χ0v) is 17.7. The van der Waals surface area contributed by atoms with Gasteiger partial charge in [0.05, 0.1) is 31.0 Å². The topological polar surface area (TPSA) is 110 Å². The number of methoxy groups -OCH3 is 2. The minimum atomic E-state index is -0.525. The first-order valence-corrected chi connectivity index (χ1v) is 9.49. The summed E-state index contributed by atoms with van der Waals surface area (Å²) >= 11 is 0. The normalized spacial score (nSPS) is 10.3. The van der Waals surface area contributed by atoms with E-state index in [1.54, 1.807) is 69.5 Å². The van der Waals surface area contributed by atoms with E-state index >= 15 is 0 Å². The quantitative estimate of drug-likeness (QED) is 0.523. The fourth-order valence-electron chi connectivity index (χ4n) is 3.26. The molecule has 0 saturated heterocycles. The molecule has 0 aliphatic heterocycles. The summed E-state index contributed by atoms with van der Waals surface area (Å²) < 4.78 is 9.95. The molecular formula is C23H23N3O5. The molecule has 160 valence electrons. The van der Waals surface area contributed by atoms with E-state index in [1.807, 2.05) is 0 Å². The van der Waals surface area contributed by atoms with Crippen LogP contribution in [0.3, 0.4) is 0 Å². The van der Waals surface area contributed by atoms with Crippen LogP contribution in [0.1, 0.15) is 42.5 Å². The van der Waals surface area contributed by atoms with Crippen LogP contribution in [-0.2, 0) is 4.74 Å². The monoisotopic (exact) mass is 421 g/mol. The van der Waals surface area contributed by atoms with Crippen molar-refractivity contribution in [3.8, 4) is 5.75 Å². The van der Waals surface area contributed by atoms with Crippen molar-refractivity contribution in [1.29, 1.82) is 0 Å². The summed E-state index contributed by atoms with van der Waals surface area (Å²) in [7, 11) is 2.83. The number of benzene rings is 2. The van der Waals surface area contributed by atoms with E-state index in [-0.39, 0.29) is 11.3 Å². The third kappa shape index (κ3) is 4.58. The van der Waals surface area contributed by atoms with E-state index in [4.69, 9.17) is 9.47 Å². The van der Waals surface area contributed by atoms with Crippen molar-refractivity contribution in [2.75, 3.05) is 24.9 Å². The highest BCUT2D eigenvalue weighted by Gasteiger charge is 2.23. The van der Waals surface area contributed by atoms with Gasteiger partial charge in [-0.15, -0.1) is 0 Å². The zero-order chi connectivity index (χ0) is 22.5. The molecule has 31 heavy (non-hydrogen) atoms. The van der Waals surface area contributed by atoms with Gasteiger partial charge in [-0.2, -0.15) is 0 Å². The Morgan fingerprint density at radius 1 is 0.903 bits per heavy atom. The second-order valence-corrected chi connectivity index (χ2v) is 6.80. The highest BCUT2D eigenvalue weighted by molar-refractivity contribution is 6.13. The predicted octanol–water partition coefficient (Wildman–Crippen LogP) is 3.93. The van der Waals surface area contributed by atoms with Gasteiger partial charge in [-0.25, -0.2) is 4.79 Å². The summed E-state index contributed by atoms with van der Waals surface area (Å²) in [6.07, 6.45) is 0. The Morgan fingerprint density at radius 3 is 2.35 bits per heavy atom. The number of nitrogens with one attached hydrogen (secondary N) is 3. The van der Waals surface area contributed by atoms with E-state index < -0.39 is 17.8 Å². The van der Waals surface area contributed by atoms with Gasteiger partial charge in [-0.05, 0) is 43.7 Å². The largest absolute Gasteiger partial charge is 0.497 e. The Bertz CT molecular complexity index is 1150. The first kappa shape index (κ1) is 21.6. The molecule has 0 atom stereocenters. The molecule has 0 spiro atoms. The molecule has 0 saturated carbocycles. The SMILES string of the molecule is COC(=O)c1c(C)[nH]c(C(=O)Nc2ccccc2C(=O)Nc2cccc(OC)c2)c1C. The number of aromatic amines is 1. The molecule has 2 amide bonds. The maximum Gasteiger partial charge on any atom is 0.339 e. The maximum atomic E-state index is 12.9. The highest BCUT2D eigenvalue weighted by Crippen LogP contribution is 2.23. The molecule has 0 aliphatic rings. The van der Waals surface area contributed by atoms with Crippen molar-refractivity contribution >= 4 is 29.2 Å². The Kier molecular flexibility index (Phi) is 6.40. The first-order chi connectivity index (χ1) is 14.8. The number of aromatic nitrogens is 1. The first-order valence-electron chi connectivity index (χ1n) is 9.49. The van der Waals surface area contributed by atoms with Crippen LogP contribution in [0.15, 0.2) is 48.5 Å². The molecule has 0 bridgehead atoms. The zero-order valence-electron chi connectivity index (χ0n) is 17.7. The summed E-state index contributed by atoms with van der Waals surface area (Å²) in [5.74, 6) is -0.780. The molecule has 0 radical (unpaired) electrons. The van der Waals surface area contributed by atoms with Gasteiger partial charge in [-0.3, -0.25) is 9.59 Å². The number of esters is 1. The van der Waals surface area contributed by atoms with Crippen LogP contribution < -0.4 is 15.4 Å². The average molecular weight is 421 g/mol. The van der Waals surface area contributed by atoms with Gasteiger partial charge >= 0.3 is 5.97 Å². The molecule has 8 heteroatoms. The lowest BCUT2D eigenvalue weighted by atomic mass is 10.1. The number of hydrogen-bond acceptors (Lipinski definition) is 5. The van der Waals surface area contributed by atoms with Gasteiger partial charge in [0.1, 0.15) is 11.4 Å². The number of ether oxygens (including phenoxy) is 2. The van der Waals surface area contributed by atoms with E-state index in [0.29, 0.717) is 33.9 Å². The van der Waals surface area contributed by atoms with Crippen LogP contribution in [0, 0.1) is 13.8 Å². The maximum absolute atomic E-state index is 12.9. The smallest absolute Gasteiger partial charge is 0.339 e. The number of H-pyrrole nitrogens is 1. The average Bonchev–Trinajstić information content (AvgIpc) is 3.07. The third-order valence-corrected chi connectivity index (χ3v) is 4.80. The van der Waals surface area contributed by atoms with E-state index in [1.165, 1.54) is 7.11 Å². The number of anilines is 2. The van der Waals surface area contributed by atoms with Crippen LogP contribution in [0.25, 0.3) is 0 Å². The lowest BCUT2D eigenvalue weighted by Crippen LogP contribution is -2.19. The molecule has 8 nitrogen and oxygen atoms in total. The van der Waals surface area contributed by atoms with Gasteiger partial charge in [0.2, 0.25) is 0 Å². The molecule has 0 fully saturated rings. The number of aryl methyl sites for hydroxylation is 1. The molecule has 3 aromatic rings. The Labute approximate surface area is 179 Å². The van der Waals surface area contributed by atoms with Crippen molar-refractivity contribution in [1.82, 2.24) is 4.98 Å². The Morgan fingerprint density at radius 2 is 1.65 bits per heavy atom. The number of amides is 2. The summed E-state index contributed by atoms with van der Waals surface area (Å²) in [4.78, 5) is 40.6. The summed E-state index contributed by atoms with van der Waals surface area (Å²) in [5.41, 5.74) is 2.72. The second-order valence-electron chi connectivity index (χ2n) is 6.80. The number of para-hydroxylation sites is 1. The van der Waals surface area contributed by atoms with Crippen LogP contribution in [0.2, 0.25) is 0 Å². The van der Waals surface area contributed by atoms with E-state index in [9.17, 15) is 14.4 Å². The Hall–Kier alpha value is -4.07. The number of carbonyl (C=O) groups is 3. The van der Waals surface area contributed by atoms with Crippen LogP contribution in [-0.4, -0.2) is 37.0 Å². The minimum Gasteiger partial charge on any atom is -0.497 e. The summed E-state index contributed by atoms with van der Waals surface area (Å²) in [6.45, 7) is 3.34. The predicted molar refractivity (Wildman–Crippen MR) is 117 cm³/mol. The van der Waals surface area contributed by atoms with Crippen LogP contribution >= 0.6 is 0 Å². The Balaban J connectivity index is 1.85. The molecule has 1 aromatic heterocycles. The van der Waals surface area contributed by atoms with Crippen molar-refractivity contribution in [3.05, 3.63) is 76.6 Å². The number of rotatable bonds is 6. The van der Waals surface area contributed by atoms with Crippen molar-refractivity contribution < 1.29 is 23.9 Å². The fraction of sp³-hybridized carbons (Fsp3) is 0.174. The van der Waals surface area contributed by atoms with E-state index in [2.05, 4.69) is 15.6 Å². The molecular weight excluding hydrogens is 398 g/mol. The molecule has 1 heterocycles. The van der Waals surface area contributed by atoms with Gasteiger partial charge in [0.15, 0.2) is 0 Å². The fourth-order valence-corrected chi connectivity index (χ4v) is 3.26. The van der Waals surface area contributed by atoms with Gasteiger partial charge in [0, 0.05) is 17.4 Å². The summed E-state index contributed by atoms with van der Waals surface area (Å²) in [5, 5.41) is 5.54. The molecule has 3 N–H and O–H groups in total. The van der Waals surface area contributed by atoms with Crippen molar-refractivity contribution in [3.63, 3.8) is 0 Å². The lowest BCUT2D eigenvalue weighted by Gasteiger charge is -2.12. The molecule has 0 unspecified atom stereocenters. The van der Waals surface area contributed by atoms with Gasteiger partial charge < -0.3 is 25.1 Å². The standard InChI is InChI=1S/C23H23N3O5/c1-13-19(23(29)31-4)14(2)24-20(13)22(28)26-18-11-6-5-10-17(18)21(27)25-15-8-7-9-16(12-15)30-3/h5-12,24H,1-4H3,(H,25,27)(H,26,28). The molecule has 0 aliphatic carbocycles. The molecule has 2 aromatic carbocycles. The highest BCUT2D eigenvalue weighted by atomic mass is 16.5. The van der Waals surface area contributed by atoms with Crippen LogP contribution in [0.4, 0.5) is 11.4 Å². The third-order valence-electron chi connectivity index (χ3n) is 4.80. The van der Waals surface area contributed by atoms with Gasteiger partial charge in [0.25, 0.3) is 11.8 Å². The second kappa shape index (κ2) is 9.17. The number of hydrogen-bond donors (Lipinski definition) is 3. The van der Waals surface area contributed by atoms with Crippen molar-refractivity contribution in [2.24, 2.45) is 0 Å². The van der Waals surface area contributed by atoms with Crippen LogP contribution in [0.5, 0.6) is 5.75 Å². The number of carbonyl (C=O) groups excluding carboxylic acids is 3. The van der Waals surface area contributed by atoms with Gasteiger partial charge in [-0.1, -0.05) is 18.2 Å². The minimum absolute atomic E-state index is 0.223. The molecule has 3 rings (SSSR count). The lowest BCUT2D eigenvalue weighted by molar-refractivity contribution is 0.0599. The van der Waals surface area contributed by atoms with E-state index in [0.717, 1.165) is 0 Å². The van der Waals surface area contributed by atoms with Crippen molar-refractivity contribution in [2.45, 2.75) is 13.8 Å². The summed E-state index contributed by atoms with van der Waals surface area (Å²) in [6, 6.07) is 13.6.